The predicted molar refractivity (Wildman–Crippen MR) is 119 cm³/mol. The van der Waals surface area contributed by atoms with E-state index < -0.39 is 18.0 Å². The molecule has 1 aliphatic heterocycles. The van der Waals surface area contributed by atoms with Gasteiger partial charge in [0.25, 0.3) is 0 Å². The van der Waals surface area contributed by atoms with Crippen molar-refractivity contribution in [2.45, 2.75) is 12.5 Å². The van der Waals surface area contributed by atoms with Crippen LogP contribution in [0, 0.1) is 5.82 Å². The molecule has 0 saturated carbocycles. The van der Waals surface area contributed by atoms with Gasteiger partial charge in [0, 0.05) is 17.3 Å². The summed E-state index contributed by atoms with van der Waals surface area (Å²) in [5.74, 6) is 5.49. The second-order valence-electron chi connectivity index (χ2n) is 7.70. The van der Waals surface area contributed by atoms with Gasteiger partial charge in [0.15, 0.2) is 5.84 Å². The summed E-state index contributed by atoms with van der Waals surface area (Å²) in [6, 6.07) is 7.74. The Morgan fingerprint density at radius 3 is 2.72 bits per heavy atom. The van der Waals surface area contributed by atoms with Crippen LogP contribution in [-0.4, -0.2) is 78.5 Å². The number of benzene rings is 1. The highest BCUT2D eigenvalue weighted by molar-refractivity contribution is 5.95. The van der Waals surface area contributed by atoms with E-state index in [1.807, 2.05) is 14.1 Å². The van der Waals surface area contributed by atoms with Gasteiger partial charge in [0.05, 0.1) is 25.4 Å². The van der Waals surface area contributed by atoms with E-state index >= 15 is 0 Å². The Balaban J connectivity index is 1.69. The van der Waals surface area contributed by atoms with Crippen LogP contribution in [0.1, 0.15) is 12.1 Å². The van der Waals surface area contributed by atoms with Gasteiger partial charge in [-0.25, -0.2) is 20.1 Å². The third kappa shape index (κ3) is 5.69. The van der Waals surface area contributed by atoms with Crippen molar-refractivity contribution in [1.29, 1.82) is 0 Å². The van der Waals surface area contributed by atoms with Crippen molar-refractivity contribution < 1.29 is 19.0 Å². The molecule has 1 saturated heterocycles. The van der Waals surface area contributed by atoms with Gasteiger partial charge in [-0.1, -0.05) is 6.07 Å². The smallest absolute Gasteiger partial charge is 0.414 e. The minimum Gasteiger partial charge on any atom is -0.441 e. The summed E-state index contributed by atoms with van der Waals surface area (Å²) < 4.78 is 19.8. The first-order valence-electron chi connectivity index (χ1n) is 10.1. The highest BCUT2D eigenvalue weighted by Gasteiger charge is 2.32. The molecule has 0 radical (unpaired) electrons. The number of hydrogen-bond donors (Lipinski definition) is 3. The van der Waals surface area contributed by atoms with Crippen LogP contribution in [0.2, 0.25) is 0 Å². The number of halogens is 1. The lowest BCUT2D eigenvalue weighted by atomic mass is 10.1. The first-order chi connectivity index (χ1) is 15.3. The van der Waals surface area contributed by atoms with Crippen LogP contribution in [0.3, 0.4) is 0 Å². The van der Waals surface area contributed by atoms with Gasteiger partial charge in [0.1, 0.15) is 17.6 Å². The zero-order valence-electron chi connectivity index (χ0n) is 18.1. The number of amidine groups is 1. The van der Waals surface area contributed by atoms with Gasteiger partial charge in [-0.3, -0.25) is 9.88 Å². The number of aliphatic hydroxyl groups excluding tert-OH is 1. The van der Waals surface area contributed by atoms with Crippen molar-refractivity contribution in [2.24, 2.45) is 16.7 Å². The third-order valence-corrected chi connectivity index (χ3v) is 4.91. The van der Waals surface area contributed by atoms with Gasteiger partial charge in [-0.2, -0.15) is 0 Å². The van der Waals surface area contributed by atoms with Crippen molar-refractivity contribution >= 4 is 17.6 Å². The zero-order chi connectivity index (χ0) is 23.3. The minimum atomic E-state index is -0.619. The number of rotatable bonds is 9. The average molecular weight is 445 g/mol. The van der Waals surface area contributed by atoms with Gasteiger partial charge >= 0.3 is 6.09 Å². The molecule has 3 rings (SSSR count). The Kier molecular flexibility index (Phi) is 7.57. The van der Waals surface area contributed by atoms with E-state index in [1.165, 1.54) is 22.3 Å². The number of aliphatic hydroxyl groups is 1. The predicted octanol–water partition coefficient (Wildman–Crippen LogP) is 0.953. The summed E-state index contributed by atoms with van der Waals surface area (Å²) in [6.45, 7) is 1.29. The fourth-order valence-electron chi connectivity index (χ4n) is 3.23. The molecule has 1 fully saturated rings. The van der Waals surface area contributed by atoms with E-state index in [1.54, 1.807) is 24.3 Å². The second kappa shape index (κ2) is 10.4. The maximum Gasteiger partial charge on any atom is 0.414 e. The molecule has 11 heteroatoms. The number of nitrogens with zero attached hydrogens (tertiary/aromatic N) is 5. The van der Waals surface area contributed by atoms with E-state index in [9.17, 15) is 9.18 Å². The summed E-state index contributed by atoms with van der Waals surface area (Å²) >= 11 is 0. The number of carbonyl (C=O) groups is 1. The Bertz CT molecular complexity index is 968. The quantitative estimate of drug-likeness (QED) is 0.225. The Morgan fingerprint density at radius 2 is 2.12 bits per heavy atom. The lowest BCUT2D eigenvalue weighted by Gasteiger charge is -2.15. The maximum absolute atomic E-state index is 14.8. The highest BCUT2D eigenvalue weighted by Crippen LogP contribution is 2.28. The fourth-order valence-corrected chi connectivity index (χ4v) is 3.23. The number of hydrazine groups is 1. The minimum absolute atomic E-state index is 0.158. The van der Waals surface area contributed by atoms with Gasteiger partial charge in [0.2, 0.25) is 0 Å². The topological polar surface area (TPSA) is 134 Å². The van der Waals surface area contributed by atoms with Gasteiger partial charge < -0.3 is 20.5 Å². The highest BCUT2D eigenvalue weighted by atomic mass is 19.1. The van der Waals surface area contributed by atoms with E-state index in [2.05, 4.69) is 15.0 Å². The standard InChI is InChI=1S/C21H28FN7O3/c1-27(2)8-3-9-29(24)26-20(23)19-7-4-14(11-25-19)17-6-5-15(10-18(17)22)28-12-16(13-30)32-21(28)31/h4-7,10-11,16,30H,3,8-9,12-13,24H2,1-2H3,(H2,23,26). The van der Waals surface area contributed by atoms with Crippen LogP contribution < -0.4 is 16.5 Å². The molecule has 1 amide bonds. The molecule has 1 aromatic carbocycles. The molecule has 0 spiro atoms. The first-order valence-corrected chi connectivity index (χ1v) is 10.1. The number of anilines is 1. The van der Waals surface area contributed by atoms with Crippen LogP contribution in [0.25, 0.3) is 11.1 Å². The molecule has 1 unspecified atom stereocenters. The lowest BCUT2D eigenvalue weighted by molar-refractivity contribution is 0.0963. The molecule has 5 N–H and O–H groups in total. The van der Waals surface area contributed by atoms with Crippen molar-refractivity contribution in [3.63, 3.8) is 0 Å². The number of aromatic nitrogens is 1. The number of ether oxygens (including phenoxy) is 1. The Labute approximate surface area is 185 Å². The summed E-state index contributed by atoms with van der Waals surface area (Å²) in [7, 11) is 3.96. The number of hydrazone groups is 1. The number of hydrogen-bond acceptors (Lipinski definition) is 8. The van der Waals surface area contributed by atoms with Crippen molar-refractivity contribution in [3.05, 3.63) is 48.0 Å². The Morgan fingerprint density at radius 1 is 1.34 bits per heavy atom. The average Bonchev–Trinajstić information content (AvgIpc) is 3.14. The van der Waals surface area contributed by atoms with Crippen molar-refractivity contribution in [1.82, 2.24) is 15.0 Å². The second-order valence-corrected chi connectivity index (χ2v) is 7.70. The fraction of sp³-hybridized carbons (Fsp3) is 0.381. The lowest BCUT2D eigenvalue weighted by Crippen LogP contribution is -2.32. The molecular weight excluding hydrogens is 417 g/mol. The van der Waals surface area contributed by atoms with Crippen LogP contribution in [0.5, 0.6) is 0 Å². The third-order valence-electron chi connectivity index (χ3n) is 4.91. The van der Waals surface area contributed by atoms with E-state index in [-0.39, 0.29) is 19.0 Å². The number of pyridine rings is 1. The molecule has 32 heavy (non-hydrogen) atoms. The summed E-state index contributed by atoms with van der Waals surface area (Å²) in [5, 5.41) is 14.5. The molecular formula is C21H28FN7O3. The molecule has 1 aromatic heterocycles. The Hall–Kier alpha value is -3.28. The van der Waals surface area contributed by atoms with E-state index in [0.717, 1.165) is 13.0 Å². The van der Waals surface area contributed by atoms with Gasteiger partial charge in [-0.05, 0) is 51.3 Å². The summed E-state index contributed by atoms with van der Waals surface area (Å²) in [5.41, 5.74) is 7.62. The number of carbonyl (C=O) groups excluding carboxylic acids is 1. The molecule has 1 aliphatic rings. The summed E-state index contributed by atoms with van der Waals surface area (Å²) in [4.78, 5) is 19.5. The number of amides is 1. The van der Waals surface area contributed by atoms with E-state index in [4.69, 9.17) is 21.4 Å². The van der Waals surface area contributed by atoms with E-state index in [0.29, 0.717) is 29.1 Å². The van der Waals surface area contributed by atoms with Crippen molar-refractivity contribution in [2.75, 3.05) is 45.2 Å². The van der Waals surface area contributed by atoms with Crippen LogP contribution >= 0.6 is 0 Å². The van der Waals surface area contributed by atoms with Crippen LogP contribution in [0.4, 0.5) is 14.9 Å². The molecule has 1 atom stereocenters. The molecule has 0 aliphatic carbocycles. The molecule has 2 heterocycles. The molecule has 0 bridgehead atoms. The monoisotopic (exact) mass is 445 g/mol. The van der Waals surface area contributed by atoms with Crippen LogP contribution in [-0.2, 0) is 4.74 Å². The molecule has 2 aromatic rings. The first kappa shape index (κ1) is 23.4. The number of nitrogens with two attached hydrogens (primary N) is 2. The maximum atomic E-state index is 14.8. The molecule has 10 nitrogen and oxygen atoms in total. The van der Waals surface area contributed by atoms with Crippen LogP contribution in [0.15, 0.2) is 41.6 Å². The SMILES string of the molecule is CN(C)CCCN(N)/N=C(\N)c1ccc(-c2ccc(N3CC(CO)OC3=O)cc2F)cn1. The largest absolute Gasteiger partial charge is 0.441 e. The zero-order valence-corrected chi connectivity index (χ0v) is 18.1. The summed E-state index contributed by atoms with van der Waals surface area (Å²) in [6.07, 6.45) is 1.09. The normalized spacial score (nSPS) is 16.6. The van der Waals surface area contributed by atoms with Crippen molar-refractivity contribution in [3.8, 4) is 11.1 Å². The van der Waals surface area contributed by atoms with Gasteiger partial charge in [-0.15, -0.1) is 5.10 Å². The number of cyclic esters (lactones) is 1. The molecule has 172 valence electrons.